The fraction of sp³-hybridized carbons (Fsp3) is 0.172. The van der Waals surface area contributed by atoms with Gasteiger partial charge in [-0.25, -0.2) is 5.01 Å². The van der Waals surface area contributed by atoms with Gasteiger partial charge >= 0.3 is 0 Å². The van der Waals surface area contributed by atoms with E-state index in [-0.39, 0.29) is 5.57 Å². The van der Waals surface area contributed by atoms with Crippen LogP contribution >= 0.6 is 0 Å². The summed E-state index contributed by atoms with van der Waals surface area (Å²) in [6, 6.07) is 20.8. The number of hydrogen-bond donors (Lipinski definition) is 1. The standard InChI is InChI=1S/C29H28N2O4/c1-4-9-23-16-22(17-25-28(32)30-31(29(25)33)24-10-7-6-8-11-24)18-26(34-5-2)27(23)35-19-21-14-12-20(3)13-15-21/h4,6-8,10-18H,1,5,9,19H2,2-3H3,(H,30,32). The van der Waals surface area contributed by atoms with E-state index in [0.717, 1.165) is 11.1 Å². The molecular weight excluding hydrogens is 440 g/mol. The predicted octanol–water partition coefficient (Wildman–Crippen LogP) is 5.16. The van der Waals surface area contributed by atoms with Crippen molar-refractivity contribution < 1.29 is 19.1 Å². The average molecular weight is 469 g/mol. The number of carbonyl (C=O) groups is 2. The van der Waals surface area contributed by atoms with E-state index >= 15 is 0 Å². The first kappa shape index (κ1) is 23.8. The quantitative estimate of drug-likeness (QED) is 0.268. The lowest BCUT2D eigenvalue weighted by atomic mass is 10.0. The largest absolute Gasteiger partial charge is 0.490 e. The minimum absolute atomic E-state index is 0.0502. The molecular formula is C29H28N2O4. The van der Waals surface area contributed by atoms with E-state index in [0.29, 0.717) is 42.4 Å². The third-order valence-electron chi connectivity index (χ3n) is 5.54. The number of hydrazine groups is 1. The van der Waals surface area contributed by atoms with Crippen LogP contribution in [0.2, 0.25) is 0 Å². The number of carbonyl (C=O) groups excluding carboxylic acids is 2. The van der Waals surface area contributed by atoms with Crippen LogP contribution < -0.4 is 19.9 Å². The van der Waals surface area contributed by atoms with Crippen LogP contribution in [0.5, 0.6) is 11.5 Å². The summed E-state index contributed by atoms with van der Waals surface area (Å²) in [4.78, 5) is 25.6. The Kier molecular flexibility index (Phi) is 7.31. The summed E-state index contributed by atoms with van der Waals surface area (Å²) >= 11 is 0. The average Bonchev–Trinajstić information content (AvgIpc) is 3.14. The van der Waals surface area contributed by atoms with Crippen molar-refractivity contribution in [1.82, 2.24) is 5.43 Å². The molecule has 1 fully saturated rings. The molecule has 35 heavy (non-hydrogen) atoms. The lowest BCUT2D eigenvalue weighted by molar-refractivity contribution is -0.117. The first-order valence-electron chi connectivity index (χ1n) is 11.5. The van der Waals surface area contributed by atoms with Crippen LogP contribution in [0.25, 0.3) is 6.08 Å². The maximum Gasteiger partial charge on any atom is 0.282 e. The lowest BCUT2D eigenvalue weighted by Crippen LogP contribution is -2.35. The summed E-state index contributed by atoms with van der Waals surface area (Å²) in [6.07, 6.45) is 3.90. The van der Waals surface area contributed by atoms with Crippen molar-refractivity contribution in [3.8, 4) is 11.5 Å². The number of para-hydroxylation sites is 1. The van der Waals surface area contributed by atoms with Crippen molar-refractivity contribution >= 4 is 23.6 Å². The maximum atomic E-state index is 13.0. The van der Waals surface area contributed by atoms with Gasteiger partial charge in [0.05, 0.1) is 12.3 Å². The second kappa shape index (κ2) is 10.7. The summed E-state index contributed by atoms with van der Waals surface area (Å²) in [5, 5.41) is 1.25. The zero-order valence-corrected chi connectivity index (χ0v) is 19.9. The van der Waals surface area contributed by atoms with Crippen LogP contribution in [0, 0.1) is 6.92 Å². The molecule has 1 saturated heterocycles. The molecule has 3 aromatic rings. The normalized spacial score (nSPS) is 14.2. The fourth-order valence-electron chi connectivity index (χ4n) is 3.82. The first-order chi connectivity index (χ1) is 17.0. The highest BCUT2D eigenvalue weighted by atomic mass is 16.5. The second-order valence-electron chi connectivity index (χ2n) is 8.18. The molecule has 0 aliphatic carbocycles. The molecule has 0 aromatic heterocycles. The number of ether oxygens (including phenoxy) is 2. The smallest absolute Gasteiger partial charge is 0.282 e. The minimum atomic E-state index is -0.457. The Hall–Kier alpha value is -4.32. The maximum absolute atomic E-state index is 13.0. The molecule has 1 heterocycles. The zero-order chi connectivity index (χ0) is 24.8. The number of rotatable bonds is 9. The van der Waals surface area contributed by atoms with Crippen LogP contribution in [0.4, 0.5) is 5.69 Å². The number of benzene rings is 3. The Morgan fingerprint density at radius 1 is 1.00 bits per heavy atom. The van der Waals surface area contributed by atoms with Crippen molar-refractivity contribution in [2.45, 2.75) is 26.9 Å². The Balaban J connectivity index is 1.66. The lowest BCUT2D eigenvalue weighted by Gasteiger charge is -2.17. The van der Waals surface area contributed by atoms with Crippen molar-refractivity contribution in [2.75, 3.05) is 11.6 Å². The van der Waals surface area contributed by atoms with E-state index < -0.39 is 11.8 Å². The number of aryl methyl sites for hydroxylation is 1. The van der Waals surface area contributed by atoms with Crippen LogP contribution in [-0.2, 0) is 22.6 Å². The van der Waals surface area contributed by atoms with Gasteiger partial charge in [0.25, 0.3) is 11.8 Å². The SMILES string of the molecule is C=CCc1cc(C=C2C(=O)NN(c3ccccc3)C2=O)cc(OCC)c1OCc1ccc(C)cc1. The Morgan fingerprint density at radius 3 is 2.43 bits per heavy atom. The number of amides is 2. The van der Waals surface area contributed by atoms with Crippen LogP contribution in [-0.4, -0.2) is 18.4 Å². The van der Waals surface area contributed by atoms with Crippen LogP contribution in [0.1, 0.15) is 29.2 Å². The summed E-state index contributed by atoms with van der Waals surface area (Å²) in [6.45, 7) is 8.63. The van der Waals surface area contributed by atoms with Gasteiger partial charge < -0.3 is 9.47 Å². The third-order valence-corrected chi connectivity index (χ3v) is 5.54. The topological polar surface area (TPSA) is 67.9 Å². The van der Waals surface area contributed by atoms with Gasteiger partial charge in [0, 0.05) is 5.56 Å². The highest BCUT2D eigenvalue weighted by Crippen LogP contribution is 2.36. The summed E-state index contributed by atoms with van der Waals surface area (Å²) < 4.78 is 12.1. The second-order valence-corrected chi connectivity index (χ2v) is 8.18. The molecule has 1 N–H and O–H groups in total. The van der Waals surface area contributed by atoms with E-state index in [1.54, 1.807) is 30.4 Å². The number of nitrogens with zero attached hydrogens (tertiary/aromatic N) is 1. The summed E-state index contributed by atoms with van der Waals surface area (Å²) in [7, 11) is 0. The zero-order valence-electron chi connectivity index (χ0n) is 19.9. The van der Waals surface area contributed by atoms with Gasteiger partial charge in [0.2, 0.25) is 0 Å². The van der Waals surface area contributed by atoms with Crippen LogP contribution in [0.15, 0.2) is 85.0 Å². The molecule has 3 aromatic carbocycles. The van der Waals surface area contributed by atoms with E-state index in [1.807, 2.05) is 62.4 Å². The van der Waals surface area contributed by atoms with Gasteiger partial charge in [-0.1, -0.05) is 54.1 Å². The van der Waals surface area contributed by atoms with Crippen molar-refractivity contribution in [2.24, 2.45) is 0 Å². The number of anilines is 1. The summed E-state index contributed by atoms with van der Waals surface area (Å²) in [5.41, 5.74) is 7.03. The monoisotopic (exact) mass is 468 g/mol. The molecule has 0 bridgehead atoms. The highest BCUT2D eigenvalue weighted by molar-refractivity contribution is 6.31. The predicted molar refractivity (Wildman–Crippen MR) is 137 cm³/mol. The van der Waals surface area contributed by atoms with E-state index in [1.165, 1.54) is 10.6 Å². The molecule has 0 spiro atoms. The van der Waals surface area contributed by atoms with Gasteiger partial charge in [0.15, 0.2) is 11.5 Å². The molecule has 2 amide bonds. The molecule has 6 heteroatoms. The number of hydrogen-bond acceptors (Lipinski definition) is 4. The molecule has 1 aliphatic heterocycles. The summed E-state index contributed by atoms with van der Waals surface area (Å²) in [5.74, 6) is 0.310. The fourth-order valence-corrected chi connectivity index (χ4v) is 3.82. The molecule has 0 atom stereocenters. The minimum Gasteiger partial charge on any atom is -0.490 e. The van der Waals surface area contributed by atoms with Crippen molar-refractivity contribution in [3.05, 3.63) is 107 Å². The third kappa shape index (κ3) is 5.44. The molecule has 178 valence electrons. The molecule has 4 rings (SSSR count). The first-order valence-corrected chi connectivity index (χ1v) is 11.5. The number of nitrogens with one attached hydrogen (secondary N) is 1. The Labute approximate surface area is 205 Å². The van der Waals surface area contributed by atoms with Crippen molar-refractivity contribution in [1.29, 1.82) is 0 Å². The van der Waals surface area contributed by atoms with Crippen molar-refractivity contribution in [3.63, 3.8) is 0 Å². The molecule has 0 unspecified atom stereocenters. The van der Waals surface area contributed by atoms with Gasteiger partial charge in [0.1, 0.15) is 12.2 Å². The molecule has 1 aliphatic rings. The van der Waals surface area contributed by atoms with Gasteiger partial charge in [-0.3, -0.25) is 15.0 Å². The van der Waals surface area contributed by atoms with E-state index in [9.17, 15) is 9.59 Å². The van der Waals surface area contributed by atoms with Gasteiger partial charge in [-0.2, -0.15) is 0 Å². The van der Waals surface area contributed by atoms with Gasteiger partial charge in [-0.05, 0) is 61.7 Å². The van der Waals surface area contributed by atoms with Crippen LogP contribution in [0.3, 0.4) is 0 Å². The molecule has 0 radical (unpaired) electrons. The Morgan fingerprint density at radius 2 is 1.74 bits per heavy atom. The molecule has 6 nitrogen and oxygen atoms in total. The Bertz CT molecular complexity index is 1260. The number of allylic oxidation sites excluding steroid dienone is 1. The van der Waals surface area contributed by atoms with E-state index in [4.69, 9.17) is 9.47 Å². The van der Waals surface area contributed by atoms with Gasteiger partial charge in [-0.15, -0.1) is 6.58 Å². The highest BCUT2D eigenvalue weighted by Gasteiger charge is 2.34. The van der Waals surface area contributed by atoms with E-state index in [2.05, 4.69) is 12.0 Å². The molecule has 0 saturated carbocycles.